The van der Waals surface area contributed by atoms with Crippen LogP contribution in [0.2, 0.25) is 0 Å². The Morgan fingerprint density at radius 1 is 1.10 bits per heavy atom. The summed E-state index contributed by atoms with van der Waals surface area (Å²) in [5, 5.41) is 3.40. The van der Waals surface area contributed by atoms with Crippen molar-refractivity contribution >= 4 is 16.9 Å². The second-order valence-electron chi connectivity index (χ2n) is 8.08. The molecule has 2 atom stereocenters. The van der Waals surface area contributed by atoms with Gasteiger partial charge in [-0.15, -0.1) is 0 Å². The number of likely N-dealkylation sites (tertiary alicyclic amines) is 1. The molecule has 0 unspecified atom stereocenters. The summed E-state index contributed by atoms with van der Waals surface area (Å²) >= 11 is 0. The molecule has 2 saturated heterocycles. The van der Waals surface area contributed by atoms with Gasteiger partial charge < -0.3 is 19.8 Å². The molecule has 2 aromatic heterocycles. The number of benzene rings is 1. The molecule has 4 heterocycles. The Morgan fingerprint density at radius 3 is 2.62 bits per heavy atom. The van der Waals surface area contributed by atoms with Crippen molar-refractivity contribution in [2.75, 3.05) is 31.6 Å². The Bertz CT molecular complexity index is 974. The number of hydrogen-bond acceptors (Lipinski definition) is 6. The molecule has 2 aliphatic heterocycles. The van der Waals surface area contributed by atoms with Crippen LogP contribution in [0, 0.1) is 13.8 Å². The molecule has 1 aromatic carbocycles. The molecule has 2 aliphatic rings. The van der Waals surface area contributed by atoms with Crippen LogP contribution in [0.15, 0.2) is 36.5 Å². The molecule has 0 radical (unpaired) electrons. The highest BCUT2D eigenvalue weighted by molar-refractivity contribution is 5.79. The van der Waals surface area contributed by atoms with Gasteiger partial charge in [0.15, 0.2) is 0 Å². The van der Waals surface area contributed by atoms with Crippen molar-refractivity contribution in [3.8, 4) is 0 Å². The summed E-state index contributed by atoms with van der Waals surface area (Å²) in [6.45, 7) is 7.99. The number of aromatic nitrogens is 3. The number of aromatic amines is 1. The quantitative estimate of drug-likeness (QED) is 0.710. The summed E-state index contributed by atoms with van der Waals surface area (Å²) in [6.07, 6.45) is 1.98. The third-order valence-corrected chi connectivity index (χ3v) is 5.93. The second kappa shape index (κ2) is 7.74. The van der Waals surface area contributed by atoms with Crippen molar-refractivity contribution in [1.29, 1.82) is 0 Å². The van der Waals surface area contributed by atoms with E-state index in [1.54, 1.807) is 6.20 Å². The van der Waals surface area contributed by atoms with E-state index in [2.05, 4.69) is 46.2 Å². The van der Waals surface area contributed by atoms with Crippen molar-refractivity contribution in [2.45, 2.75) is 38.6 Å². The van der Waals surface area contributed by atoms with Crippen LogP contribution in [-0.2, 0) is 16.0 Å². The van der Waals surface area contributed by atoms with Crippen molar-refractivity contribution < 1.29 is 9.47 Å². The molecule has 3 aromatic rings. The smallest absolute Gasteiger partial charge is 0.126 e. The van der Waals surface area contributed by atoms with E-state index < -0.39 is 0 Å². The maximum Gasteiger partial charge on any atom is 0.126 e. The molecule has 5 rings (SSSR count). The van der Waals surface area contributed by atoms with Gasteiger partial charge >= 0.3 is 0 Å². The fourth-order valence-electron chi connectivity index (χ4n) is 4.19. The fraction of sp³-hybridized carbons (Fsp3) is 0.455. The van der Waals surface area contributed by atoms with Gasteiger partial charge in [0.2, 0.25) is 0 Å². The number of nitrogens with one attached hydrogen (secondary N) is 2. The minimum atomic E-state index is 0.0962. The van der Waals surface area contributed by atoms with Gasteiger partial charge in [-0.1, -0.05) is 12.1 Å². The average molecular weight is 393 g/mol. The lowest BCUT2D eigenvalue weighted by atomic mass is 10.1. The van der Waals surface area contributed by atoms with Gasteiger partial charge in [0, 0.05) is 19.3 Å². The number of aryl methyl sites for hydroxylation is 2. The Kier molecular flexibility index (Phi) is 4.95. The predicted octanol–water partition coefficient (Wildman–Crippen LogP) is 2.66. The van der Waals surface area contributed by atoms with Crippen LogP contribution >= 0.6 is 0 Å². The number of ether oxygens (including phenoxy) is 2. The summed E-state index contributed by atoms with van der Waals surface area (Å²) in [6, 6.07) is 10.2. The van der Waals surface area contributed by atoms with Gasteiger partial charge in [-0.05, 0) is 43.2 Å². The van der Waals surface area contributed by atoms with E-state index in [-0.39, 0.29) is 18.2 Å². The second-order valence-corrected chi connectivity index (χ2v) is 8.08. The highest BCUT2D eigenvalue weighted by Gasteiger charge is 2.37. The molecule has 0 saturated carbocycles. The highest BCUT2D eigenvalue weighted by atomic mass is 16.6. The van der Waals surface area contributed by atoms with Crippen LogP contribution < -0.4 is 5.32 Å². The van der Waals surface area contributed by atoms with E-state index in [0.29, 0.717) is 13.2 Å². The van der Waals surface area contributed by atoms with E-state index in [1.807, 2.05) is 18.2 Å². The molecule has 29 heavy (non-hydrogen) atoms. The first-order chi connectivity index (χ1) is 14.2. The Hall–Kier alpha value is -2.48. The summed E-state index contributed by atoms with van der Waals surface area (Å²) in [5.74, 6) is 1.86. The fourth-order valence-corrected chi connectivity index (χ4v) is 4.19. The Labute approximate surface area is 170 Å². The van der Waals surface area contributed by atoms with Crippen molar-refractivity contribution in [3.63, 3.8) is 0 Å². The summed E-state index contributed by atoms with van der Waals surface area (Å²) in [4.78, 5) is 15.0. The van der Waals surface area contributed by atoms with E-state index in [0.717, 1.165) is 42.3 Å². The number of fused-ring (bicyclic) bond motifs is 2. The SMILES string of the molecule is Cc1ccc2[nH]c(CN3C[C@@H]4OCC(Nc5ccccn5)CO[C@H]4C3)nc2c1C. The van der Waals surface area contributed by atoms with Gasteiger partial charge in [0.1, 0.15) is 11.6 Å². The number of H-pyrrole nitrogens is 1. The molecule has 0 amide bonds. The number of nitrogens with zero attached hydrogens (tertiary/aromatic N) is 3. The standard InChI is InChI=1S/C22H27N5O2/c1-14-6-7-17-22(15(14)2)26-21(25-17)11-27-9-18-19(10-27)29-13-16(12-28-18)24-20-5-3-4-8-23-20/h3-8,16,18-19H,9-13H2,1-2H3,(H,23,24)(H,25,26)/t18-,19-/m0/s1. The topological polar surface area (TPSA) is 75.3 Å². The number of pyridine rings is 1. The first kappa shape index (κ1) is 18.5. The van der Waals surface area contributed by atoms with Gasteiger partial charge in [-0.2, -0.15) is 0 Å². The number of imidazole rings is 1. The minimum Gasteiger partial charge on any atom is -0.372 e. The van der Waals surface area contributed by atoms with Gasteiger partial charge in [0.25, 0.3) is 0 Å². The molecule has 2 N–H and O–H groups in total. The molecule has 7 nitrogen and oxygen atoms in total. The molecular formula is C22H27N5O2. The van der Waals surface area contributed by atoms with E-state index in [1.165, 1.54) is 11.1 Å². The van der Waals surface area contributed by atoms with Crippen LogP contribution in [0.25, 0.3) is 11.0 Å². The molecule has 0 spiro atoms. The molecule has 7 heteroatoms. The van der Waals surface area contributed by atoms with Gasteiger partial charge in [0.05, 0.1) is 49.0 Å². The van der Waals surface area contributed by atoms with Crippen LogP contribution in [0.5, 0.6) is 0 Å². The summed E-state index contributed by atoms with van der Waals surface area (Å²) < 4.78 is 12.4. The van der Waals surface area contributed by atoms with Crippen LogP contribution in [-0.4, -0.2) is 64.4 Å². The van der Waals surface area contributed by atoms with Crippen LogP contribution in [0.3, 0.4) is 0 Å². The van der Waals surface area contributed by atoms with E-state index in [4.69, 9.17) is 14.5 Å². The Balaban J connectivity index is 1.20. The maximum absolute atomic E-state index is 6.19. The average Bonchev–Trinajstić information content (AvgIpc) is 3.27. The van der Waals surface area contributed by atoms with Crippen LogP contribution in [0.1, 0.15) is 17.0 Å². The zero-order chi connectivity index (χ0) is 19.8. The highest BCUT2D eigenvalue weighted by Crippen LogP contribution is 2.24. The number of hydrogen-bond donors (Lipinski definition) is 2. The zero-order valence-corrected chi connectivity index (χ0v) is 16.9. The molecule has 0 aliphatic carbocycles. The van der Waals surface area contributed by atoms with E-state index in [9.17, 15) is 0 Å². The largest absolute Gasteiger partial charge is 0.372 e. The molecular weight excluding hydrogens is 366 g/mol. The van der Waals surface area contributed by atoms with Crippen LogP contribution in [0.4, 0.5) is 5.82 Å². The summed E-state index contributed by atoms with van der Waals surface area (Å²) in [7, 11) is 0. The first-order valence-corrected chi connectivity index (χ1v) is 10.2. The monoisotopic (exact) mass is 393 g/mol. The van der Waals surface area contributed by atoms with Gasteiger partial charge in [-0.3, -0.25) is 4.90 Å². The maximum atomic E-state index is 6.19. The lowest BCUT2D eigenvalue weighted by Gasteiger charge is -2.18. The van der Waals surface area contributed by atoms with Gasteiger partial charge in [-0.25, -0.2) is 9.97 Å². The predicted molar refractivity (Wildman–Crippen MR) is 112 cm³/mol. The minimum absolute atomic E-state index is 0.0962. The lowest BCUT2D eigenvalue weighted by Crippen LogP contribution is -2.31. The molecule has 2 fully saturated rings. The number of anilines is 1. The lowest BCUT2D eigenvalue weighted by molar-refractivity contribution is -0.00461. The zero-order valence-electron chi connectivity index (χ0n) is 16.9. The third-order valence-electron chi connectivity index (χ3n) is 5.93. The normalized spacial score (nSPS) is 23.2. The first-order valence-electron chi connectivity index (χ1n) is 10.2. The van der Waals surface area contributed by atoms with Crippen molar-refractivity contribution in [3.05, 3.63) is 53.5 Å². The molecule has 152 valence electrons. The third kappa shape index (κ3) is 3.85. The summed E-state index contributed by atoms with van der Waals surface area (Å²) in [5.41, 5.74) is 4.70. The Morgan fingerprint density at radius 2 is 1.90 bits per heavy atom. The van der Waals surface area contributed by atoms with Crippen molar-refractivity contribution in [2.24, 2.45) is 0 Å². The molecule has 0 bridgehead atoms. The number of rotatable bonds is 4. The van der Waals surface area contributed by atoms with E-state index >= 15 is 0 Å². The van der Waals surface area contributed by atoms with Crippen molar-refractivity contribution in [1.82, 2.24) is 19.9 Å².